The fourth-order valence-corrected chi connectivity index (χ4v) is 3.26. The average molecular weight is 269 g/mol. The third-order valence-electron chi connectivity index (χ3n) is 4.41. The number of nitrogens with zero attached hydrogens (tertiary/aromatic N) is 1. The monoisotopic (exact) mass is 269 g/mol. The predicted octanol–water partition coefficient (Wildman–Crippen LogP) is 0.829. The number of carbonyl (C=O) groups excluding carboxylic acids is 2. The number of β-amino-alcohol motifs (C(OH)–C–C–N with tert-alkyl or cyclic N) is 1. The van der Waals surface area contributed by atoms with Gasteiger partial charge in [0.1, 0.15) is 5.60 Å². The molecular weight excluding hydrogens is 246 g/mol. The molecule has 1 atom stereocenters. The Labute approximate surface area is 113 Å². The van der Waals surface area contributed by atoms with Crippen molar-refractivity contribution < 1.29 is 19.8 Å². The van der Waals surface area contributed by atoms with Crippen LogP contribution >= 0.6 is 0 Å². The SMILES string of the molecule is CC(O)(CO)CN1C(=O)CC2(CCCCC2)CC1=O. The minimum Gasteiger partial charge on any atom is -0.393 e. The summed E-state index contributed by atoms with van der Waals surface area (Å²) in [5, 5.41) is 18.9. The van der Waals surface area contributed by atoms with Crippen LogP contribution in [0.4, 0.5) is 0 Å². The van der Waals surface area contributed by atoms with Crippen LogP contribution in [0.25, 0.3) is 0 Å². The molecule has 0 bridgehead atoms. The Bertz CT molecular complexity index is 352. The second-order valence-corrected chi connectivity index (χ2v) is 6.44. The Morgan fingerprint density at radius 2 is 1.68 bits per heavy atom. The summed E-state index contributed by atoms with van der Waals surface area (Å²) in [5.74, 6) is -0.404. The van der Waals surface area contributed by atoms with Gasteiger partial charge in [-0.25, -0.2) is 0 Å². The molecule has 2 N–H and O–H groups in total. The van der Waals surface area contributed by atoms with Crippen molar-refractivity contribution in [3.05, 3.63) is 0 Å². The molecule has 1 heterocycles. The molecule has 0 aromatic carbocycles. The van der Waals surface area contributed by atoms with Gasteiger partial charge >= 0.3 is 0 Å². The lowest BCUT2D eigenvalue weighted by molar-refractivity contribution is -0.159. The van der Waals surface area contributed by atoms with E-state index in [4.69, 9.17) is 5.11 Å². The molecule has 2 fully saturated rings. The molecule has 5 nitrogen and oxygen atoms in total. The predicted molar refractivity (Wildman–Crippen MR) is 69.2 cm³/mol. The zero-order chi connectivity index (χ0) is 14.1. The third kappa shape index (κ3) is 3.15. The van der Waals surface area contributed by atoms with E-state index in [0.29, 0.717) is 12.8 Å². The molecule has 0 radical (unpaired) electrons. The van der Waals surface area contributed by atoms with E-state index in [9.17, 15) is 14.7 Å². The second-order valence-electron chi connectivity index (χ2n) is 6.44. The van der Waals surface area contributed by atoms with Gasteiger partial charge in [0.15, 0.2) is 0 Å². The number of carbonyl (C=O) groups is 2. The zero-order valence-corrected chi connectivity index (χ0v) is 11.5. The van der Waals surface area contributed by atoms with Crippen LogP contribution in [0.15, 0.2) is 0 Å². The smallest absolute Gasteiger partial charge is 0.229 e. The molecule has 1 aliphatic carbocycles. The highest BCUT2D eigenvalue weighted by Crippen LogP contribution is 2.45. The Kier molecular flexibility index (Phi) is 3.97. The van der Waals surface area contributed by atoms with Gasteiger partial charge in [-0.1, -0.05) is 19.3 Å². The van der Waals surface area contributed by atoms with Crippen molar-refractivity contribution in [2.45, 2.75) is 57.5 Å². The molecule has 1 unspecified atom stereocenters. The number of amides is 2. The molecule has 2 rings (SSSR count). The zero-order valence-electron chi connectivity index (χ0n) is 11.5. The van der Waals surface area contributed by atoms with Gasteiger partial charge in [0.25, 0.3) is 0 Å². The van der Waals surface area contributed by atoms with Crippen molar-refractivity contribution in [3.8, 4) is 0 Å². The summed E-state index contributed by atoms with van der Waals surface area (Å²) in [6.45, 7) is 0.852. The Morgan fingerprint density at radius 1 is 1.16 bits per heavy atom. The van der Waals surface area contributed by atoms with Crippen molar-refractivity contribution >= 4 is 11.8 Å². The first-order valence-electron chi connectivity index (χ1n) is 7.04. The van der Waals surface area contributed by atoms with Gasteiger partial charge < -0.3 is 10.2 Å². The van der Waals surface area contributed by atoms with E-state index >= 15 is 0 Å². The van der Waals surface area contributed by atoms with E-state index in [1.165, 1.54) is 13.3 Å². The number of piperidine rings is 1. The van der Waals surface area contributed by atoms with Gasteiger partial charge in [-0.15, -0.1) is 0 Å². The summed E-state index contributed by atoms with van der Waals surface area (Å²) in [5.41, 5.74) is -1.55. The van der Waals surface area contributed by atoms with Gasteiger partial charge in [-0.05, 0) is 25.2 Å². The second kappa shape index (κ2) is 5.21. The summed E-state index contributed by atoms with van der Waals surface area (Å²) in [6.07, 6.45) is 6.08. The van der Waals surface area contributed by atoms with Crippen LogP contribution in [0.1, 0.15) is 51.9 Å². The van der Waals surface area contributed by atoms with Crippen molar-refractivity contribution in [1.29, 1.82) is 0 Å². The van der Waals surface area contributed by atoms with Crippen LogP contribution in [0, 0.1) is 5.41 Å². The fourth-order valence-electron chi connectivity index (χ4n) is 3.26. The van der Waals surface area contributed by atoms with Gasteiger partial charge in [-0.2, -0.15) is 0 Å². The molecule has 108 valence electrons. The first-order valence-corrected chi connectivity index (χ1v) is 7.04. The highest BCUT2D eigenvalue weighted by Gasteiger charge is 2.45. The first-order chi connectivity index (χ1) is 8.87. The van der Waals surface area contributed by atoms with Gasteiger partial charge in [0.05, 0.1) is 13.2 Å². The third-order valence-corrected chi connectivity index (χ3v) is 4.41. The van der Waals surface area contributed by atoms with Crippen LogP contribution in [0.2, 0.25) is 0 Å². The molecule has 1 aliphatic heterocycles. The lowest BCUT2D eigenvalue weighted by Crippen LogP contribution is -2.54. The fraction of sp³-hybridized carbons (Fsp3) is 0.857. The van der Waals surface area contributed by atoms with Crippen molar-refractivity contribution in [2.75, 3.05) is 13.2 Å². The molecule has 1 saturated carbocycles. The first kappa shape index (κ1) is 14.5. The van der Waals surface area contributed by atoms with E-state index in [-0.39, 0.29) is 23.8 Å². The summed E-state index contributed by atoms with van der Waals surface area (Å²) in [7, 11) is 0. The lowest BCUT2D eigenvalue weighted by Gasteiger charge is -2.43. The summed E-state index contributed by atoms with van der Waals surface area (Å²) in [6, 6.07) is 0. The molecule has 0 aromatic rings. The van der Waals surface area contributed by atoms with E-state index < -0.39 is 12.2 Å². The summed E-state index contributed by atoms with van der Waals surface area (Å²) >= 11 is 0. The topological polar surface area (TPSA) is 77.8 Å². The van der Waals surface area contributed by atoms with Crippen LogP contribution in [0.5, 0.6) is 0 Å². The van der Waals surface area contributed by atoms with Crippen molar-refractivity contribution in [2.24, 2.45) is 5.41 Å². The van der Waals surface area contributed by atoms with Crippen LogP contribution in [-0.2, 0) is 9.59 Å². The molecule has 0 aromatic heterocycles. The van der Waals surface area contributed by atoms with Gasteiger partial charge in [0.2, 0.25) is 11.8 Å². The number of aliphatic hydroxyl groups excluding tert-OH is 1. The highest BCUT2D eigenvalue weighted by atomic mass is 16.3. The van der Waals surface area contributed by atoms with Gasteiger partial charge in [0, 0.05) is 12.8 Å². The Hall–Kier alpha value is -0.940. The minimum atomic E-state index is -1.41. The Balaban J connectivity index is 2.07. The number of hydrogen-bond donors (Lipinski definition) is 2. The standard InChI is InChI=1S/C14H23NO4/c1-13(19,10-16)9-15-11(17)7-14(8-12(15)18)5-3-2-4-6-14/h16,19H,2-10H2,1H3. The highest BCUT2D eigenvalue weighted by molar-refractivity contribution is 5.98. The molecule has 2 amide bonds. The van der Waals surface area contributed by atoms with Crippen LogP contribution in [-0.4, -0.2) is 45.7 Å². The number of likely N-dealkylation sites (tertiary alicyclic amines) is 1. The molecule has 2 aliphatic rings. The maximum absolute atomic E-state index is 12.2. The van der Waals surface area contributed by atoms with Crippen LogP contribution < -0.4 is 0 Å². The largest absolute Gasteiger partial charge is 0.393 e. The minimum absolute atomic E-state index is 0.114. The Morgan fingerprint density at radius 3 is 2.16 bits per heavy atom. The molecule has 5 heteroatoms. The van der Waals surface area contributed by atoms with E-state index in [0.717, 1.165) is 30.6 Å². The molecule has 1 spiro atoms. The molecular formula is C14H23NO4. The number of rotatable bonds is 3. The van der Waals surface area contributed by atoms with Crippen molar-refractivity contribution in [1.82, 2.24) is 4.90 Å². The van der Waals surface area contributed by atoms with Crippen LogP contribution in [0.3, 0.4) is 0 Å². The number of imide groups is 1. The van der Waals surface area contributed by atoms with Crippen molar-refractivity contribution in [3.63, 3.8) is 0 Å². The maximum Gasteiger partial charge on any atom is 0.229 e. The summed E-state index contributed by atoms with van der Waals surface area (Å²) < 4.78 is 0. The normalized spacial score (nSPS) is 26.6. The maximum atomic E-state index is 12.2. The van der Waals surface area contributed by atoms with E-state index in [2.05, 4.69) is 0 Å². The lowest BCUT2D eigenvalue weighted by atomic mass is 9.67. The van der Waals surface area contributed by atoms with E-state index in [1.807, 2.05) is 0 Å². The summed E-state index contributed by atoms with van der Waals surface area (Å²) in [4.78, 5) is 25.5. The molecule has 1 saturated heterocycles. The average Bonchev–Trinajstić information content (AvgIpc) is 2.35. The number of hydrogen-bond acceptors (Lipinski definition) is 4. The van der Waals surface area contributed by atoms with E-state index in [1.54, 1.807) is 0 Å². The quantitative estimate of drug-likeness (QED) is 0.744. The molecule has 19 heavy (non-hydrogen) atoms. The van der Waals surface area contributed by atoms with Gasteiger partial charge in [-0.3, -0.25) is 14.5 Å². The number of aliphatic hydroxyl groups is 2.